The van der Waals surface area contributed by atoms with Crippen molar-refractivity contribution >= 4 is 22.6 Å². The zero-order valence-electron chi connectivity index (χ0n) is 12.7. The highest BCUT2D eigenvalue weighted by molar-refractivity contribution is 5.91. The lowest BCUT2D eigenvalue weighted by Gasteiger charge is -2.07. The summed E-state index contributed by atoms with van der Waals surface area (Å²) in [6.07, 6.45) is 0. The summed E-state index contributed by atoms with van der Waals surface area (Å²) in [5.74, 6) is -1.04. The molecule has 0 radical (unpaired) electrons. The third-order valence-electron chi connectivity index (χ3n) is 3.52. The molecule has 3 aromatic rings. The maximum Gasteiger partial charge on any atom is 0.351 e. The van der Waals surface area contributed by atoms with Crippen LogP contribution in [0.5, 0.6) is 5.75 Å². The van der Waals surface area contributed by atoms with Gasteiger partial charge < -0.3 is 14.3 Å². The first-order valence-corrected chi connectivity index (χ1v) is 7.12. The number of benzene rings is 2. The Bertz CT molecular complexity index is 1040. The van der Waals surface area contributed by atoms with E-state index in [2.05, 4.69) is 0 Å². The molecule has 0 aliphatic carbocycles. The molecular formula is C17H11NO7. The SMILES string of the molecule is O=C(O)c1cc2ccc(OCc3ccccc3[N+](=O)[O-])cc2oc1=O. The predicted octanol–water partition coefficient (Wildman–Crippen LogP) is 2.98. The molecule has 3 rings (SSSR count). The first-order chi connectivity index (χ1) is 12.0. The molecule has 0 bridgehead atoms. The summed E-state index contributed by atoms with van der Waals surface area (Å²) in [6.45, 7) is -0.0416. The molecule has 0 atom stereocenters. The summed E-state index contributed by atoms with van der Waals surface area (Å²) in [5, 5.41) is 20.3. The van der Waals surface area contributed by atoms with Gasteiger partial charge in [0, 0.05) is 17.5 Å². The Hall–Kier alpha value is -3.68. The van der Waals surface area contributed by atoms with Crippen LogP contribution in [0.15, 0.2) is 57.7 Å². The number of nitrogens with zero attached hydrogens (tertiary/aromatic N) is 1. The van der Waals surface area contributed by atoms with Crippen molar-refractivity contribution in [2.45, 2.75) is 6.61 Å². The molecule has 0 amide bonds. The molecular weight excluding hydrogens is 330 g/mol. The molecule has 1 N–H and O–H groups in total. The summed E-state index contributed by atoms with van der Waals surface area (Å²) < 4.78 is 10.5. The fourth-order valence-corrected chi connectivity index (χ4v) is 2.30. The monoisotopic (exact) mass is 341 g/mol. The number of nitro groups is 1. The third-order valence-corrected chi connectivity index (χ3v) is 3.52. The number of para-hydroxylation sites is 1. The Morgan fingerprint density at radius 3 is 2.68 bits per heavy atom. The molecule has 1 aromatic heterocycles. The van der Waals surface area contributed by atoms with Gasteiger partial charge in [0.25, 0.3) is 5.69 Å². The van der Waals surface area contributed by atoms with Crippen molar-refractivity contribution in [2.75, 3.05) is 0 Å². The Morgan fingerprint density at radius 1 is 1.20 bits per heavy atom. The van der Waals surface area contributed by atoms with Crippen molar-refractivity contribution in [3.05, 3.63) is 80.2 Å². The Kier molecular flexibility index (Phi) is 4.17. The van der Waals surface area contributed by atoms with Gasteiger partial charge in [-0.3, -0.25) is 10.1 Å². The van der Waals surface area contributed by atoms with E-state index in [9.17, 15) is 19.7 Å². The van der Waals surface area contributed by atoms with Gasteiger partial charge in [-0.1, -0.05) is 12.1 Å². The Labute approximate surface area is 140 Å². The van der Waals surface area contributed by atoms with Gasteiger partial charge in [0.05, 0.1) is 10.5 Å². The van der Waals surface area contributed by atoms with Crippen LogP contribution in [0.1, 0.15) is 15.9 Å². The zero-order valence-corrected chi connectivity index (χ0v) is 12.7. The predicted molar refractivity (Wildman–Crippen MR) is 86.9 cm³/mol. The van der Waals surface area contributed by atoms with Gasteiger partial charge in [-0.15, -0.1) is 0 Å². The zero-order chi connectivity index (χ0) is 18.0. The summed E-state index contributed by atoms with van der Waals surface area (Å²) in [6, 6.07) is 11.9. The quantitative estimate of drug-likeness (QED) is 0.430. The molecule has 0 fully saturated rings. The molecule has 0 saturated carbocycles. The number of ether oxygens (including phenoxy) is 1. The molecule has 0 unspecified atom stereocenters. The lowest BCUT2D eigenvalue weighted by Crippen LogP contribution is -2.12. The lowest BCUT2D eigenvalue weighted by molar-refractivity contribution is -0.385. The van der Waals surface area contributed by atoms with Gasteiger partial charge in [0.2, 0.25) is 0 Å². The number of carbonyl (C=O) groups is 1. The maximum absolute atomic E-state index is 11.6. The van der Waals surface area contributed by atoms with Gasteiger partial charge in [0.1, 0.15) is 23.5 Å². The number of aromatic carboxylic acids is 1. The molecule has 0 aliphatic rings. The van der Waals surface area contributed by atoms with Crippen molar-refractivity contribution in [1.29, 1.82) is 0 Å². The lowest BCUT2D eigenvalue weighted by atomic mass is 10.1. The first-order valence-electron chi connectivity index (χ1n) is 7.12. The van der Waals surface area contributed by atoms with Crippen LogP contribution in [0.3, 0.4) is 0 Å². The van der Waals surface area contributed by atoms with Crippen LogP contribution in [-0.4, -0.2) is 16.0 Å². The van der Waals surface area contributed by atoms with Gasteiger partial charge >= 0.3 is 11.6 Å². The van der Waals surface area contributed by atoms with Gasteiger partial charge in [-0.05, 0) is 24.3 Å². The minimum atomic E-state index is -1.37. The van der Waals surface area contributed by atoms with E-state index in [4.69, 9.17) is 14.3 Å². The van der Waals surface area contributed by atoms with E-state index >= 15 is 0 Å². The molecule has 0 aliphatic heterocycles. The first kappa shape index (κ1) is 16.2. The molecule has 25 heavy (non-hydrogen) atoms. The van der Waals surface area contributed by atoms with E-state index in [0.29, 0.717) is 16.7 Å². The normalized spacial score (nSPS) is 10.6. The minimum Gasteiger partial charge on any atom is -0.489 e. The second-order valence-corrected chi connectivity index (χ2v) is 5.13. The number of fused-ring (bicyclic) bond motifs is 1. The summed E-state index contributed by atoms with van der Waals surface area (Å²) in [5.41, 5.74) is -0.914. The number of hydrogen-bond acceptors (Lipinski definition) is 6. The van der Waals surface area contributed by atoms with Crippen LogP contribution in [0.25, 0.3) is 11.0 Å². The number of hydrogen-bond donors (Lipinski definition) is 1. The average molecular weight is 341 g/mol. The van der Waals surface area contributed by atoms with Crippen LogP contribution in [-0.2, 0) is 6.61 Å². The Morgan fingerprint density at radius 2 is 1.96 bits per heavy atom. The average Bonchev–Trinajstić information content (AvgIpc) is 2.59. The topological polar surface area (TPSA) is 120 Å². The summed E-state index contributed by atoms with van der Waals surface area (Å²) >= 11 is 0. The number of nitro benzene ring substituents is 1. The summed E-state index contributed by atoms with van der Waals surface area (Å²) in [7, 11) is 0. The molecule has 1 heterocycles. The fourth-order valence-electron chi connectivity index (χ4n) is 2.30. The van der Waals surface area contributed by atoms with Crippen LogP contribution in [0, 0.1) is 10.1 Å². The van der Waals surface area contributed by atoms with E-state index in [1.54, 1.807) is 30.3 Å². The van der Waals surface area contributed by atoms with Crippen molar-refractivity contribution in [1.82, 2.24) is 0 Å². The second-order valence-electron chi connectivity index (χ2n) is 5.13. The number of rotatable bonds is 5. The van der Waals surface area contributed by atoms with Gasteiger partial charge in [-0.2, -0.15) is 0 Å². The van der Waals surface area contributed by atoms with Crippen molar-refractivity contribution in [3.8, 4) is 5.75 Å². The van der Waals surface area contributed by atoms with E-state index in [1.165, 1.54) is 18.2 Å². The molecule has 126 valence electrons. The van der Waals surface area contributed by atoms with Crippen molar-refractivity contribution in [3.63, 3.8) is 0 Å². The van der Waals surface area contributed by atoms with Gasteiger partial charge in [0.15, 0.2) is 0 Å². The summed E-state index contributed by atoms with van der Waals surface area (Å²) in [4.78, 5) is 33.1. The highest BCUT2D eigenvalue weighted by atomic mass is 16.6. The largest absolute Gasteiger partial charge is 0.489 e. The van der Waals surface area contributed by atoms with E-state index in [-0.39, 0.29) is 17.9 Å². The highest BCUT2D eigenvalue weighted by Gasteiger charge is 2.14. The van der Waals surface area contributed by atoms with Crippen LogP contribution >= 0.6 is 0 Å². The Balaban J connectivity index is 1.88. The molecule has 2 aromatic carbocycles. The van der Waals surface area contributed by atoms with Gasteiger partial charge in [-0.25, -0.2) is 9.59 Å². The van der Waals surface area contributed by atoms with Crippen LogP contribution < -0.4 is 10.4 Å². The van der Waals surface area contributed by atoms with E-state index < -0.39 is 22.1 Å². The highest BCUT2D eigenvalue weighted by Crippen LogP contribution is 2.23. The van der Waals surface area contributed by atoms with Crippen LogP contribution in [0.2, 0.25) is 0 Å². The maximum atomic E-state index is 11.6. The standard InChI is InChI=1S/C17H11NO7/c19-16(20)13-7-10-5-6-12(8-15(10)25-17(13)21)24-9-11-3-1-2-4-14(11)18(22)23/h1-8H,9H2,(H,19,20). The second kappa shape index (κ2) is 6.44. The van der Waals surface area contributed by atoms with Crippen molar-refractivity contribution in [2.24, 2.45) is 0 Å². The van der Waals surface area contributed by atoms with Crippen LogP contribution in [0.4, 0.5) is 5.69 Å². The minimum absolute atomic E-state index is 0.0416. The smallest absolute Gasteiger partial charge is 0.351 e. The number of carboxylic acid groups (broad SMARTS) is 1. The molecule has 8 heteroatoms. The number of carboxylic acids is 1. The van der Waals surface area contributed by atoms with Crippen molar-refractivity contribution < 1.29 is 24.0 Å². The molecule has 0 saturated heterocycles. The molecule has 0 spiro atoms. The third kappa shape index (κ3) is 3.32. The van der Waals surface area contributed by atoms with E-state index in [1.807, 2.05) is 0 Å². The van der Waals surface area contributed by atoms with E-state index in [0.717, 1.165) is 0 Å². The fraction of sp³-hybridized carbons (Fsp3) is 0.0588. The molecule has 8 nitrogen and oxygen atoms in total.